The summed E-state index contributed by atoms with van der Waals surface area (Å²) in [7, 11) is 0. The van der Waals surface area contributed by atoms with Crippen molar-refractivity contribution in [2.75, 3.05) is 0 Å². The molecule has 0 amide bonds. The van der Waals surface area contributed by atoms with Crippen LogP contribution in [0.1, 0.15) is 25.6 Å². The molecule has 3 aromatic heterocycles. The number of aromatic nitrogens is 4. The average molecular weight is 373 g/mol. The van der Waals surface area contributed by atoms with Gasteiger partial charge in [0.1, 0.15) is 11.5 Å². The van der Waals surface area contributed by atoms with Crippen molar-refractivity contribution in [1.82, 2.24) is 19.6 Å². The first-order valence-corrected chi connectivity index (χ1v) is 8.54. The summed E-state index contributed by atoms with van der Waals surface area (Å²) in [4.78, 5) is 4.34. The van der Waals surface area contributed by atoms with Crippen LogP contribution in [0.3, 0.4) is 0 Å². The predicted molar refractivity (Wildman–Crippen MR) is 98.0 cm³/mol. The minimum absolute atomic E-state index is 0.252. The molecule has 0 saturated heterocycles. The van der Waals surface area contributed by atoms with Gasteiger partial charge in [-0.25, -0.2) is 4.98 Å². The van der Waals surface area contributed by atoms with Crippen molar-refractivity contribution < 1.29 is 4.42 Å². The van der Waals surface area contributed by atoms with E-state index in [1.807, 2.05) is 34.9 Å². The van der Waals surface area contributed by atoms with Gasteiger partial charge in [0.15, 0.2) is 17.8 Å². The summed E-state index contributed by atoms with van der Waals surface area (Å²) in [6.07, 6.45) is 3.36. The maximum atomic E-state index is 6.35. The molecular formula is C18H14Cl2N4O. The summed E-state index contributed by atoms with van der Waals surface area (Å²) in [5.41, 5.74) is 3.02. The van der Waals surface area contributed by atoms with Crippen LogP contribution in [0.25, 0.3) is 28.2 Å². The summed E-state index contributed by atoms with van der Waals surface area (Å²) in [5, 5.41) is 9.38. The fourth-order valence-electron chi connectivity index (χ4n) is 2.77. The lowest BCUT2D eigenvalue weighted by molar-refractivity contribution is 0.572. The van der Waals surface area contributed by atoms with Crippen LogP contribution in [-0.2, 0) is 0 Å². The van der Waals surface area contributed by atoms with Gasteiger partial charge < -0.3 is 4.42 Å². The molecule has 0 unspecified atom stereocenters. The van der Waals surface area contributed by atoms with E-state index in [2.05, 4.69) is 29.0 Å². The second kappa shape index (κ2) is 6.17. The first-order valence-electron chi connectivity index (χ1n) is 7.79. The second-order valence-corrected chi connectivity index (χ2v) is 6.78. The Hall–Kier alpha value is -2.37. The molecule has 0 aliphatic heterocycles. The fraction of sp³-hybridized carbons (Fsp3) is 0.167. The maximum absolute atomic E-state index is 6.35. The highest BCUT2D eigenvalue weighted by atomic mass is 35.5. The van der Waals surface area contributed by atoms with Gasteiger partial charge in [-0.1, -0.05) is 49.2 Å². The molecule has 0 radical (unpaired) electrons. The van der Waals surface area contributed by atoms with Gasteiger partial charge in [0.05, 0.1) is 10.0 Å². The van der Waals surface area contributed by atoms with Gasteiger partial charge in [0, 0.05) is 23.2 Å². The molecule has 0 aliphatic carbocycles. The SMILES string of the molecule is CC(C)c1nnc2ccc(-c3ocnc3-c3cccc(Cl)c3Cl)cn12. The van der Waals surface area contributed by atoms with Gasteiger partial charge >= 0.3 is 0 Å². The van der Waals surface area contributed by atoms with Gasteiger partial charge in [0.25, 0.3) is 0 Å². The molecule has 1 aromatic carbocycles. The number of oxazole rings is 1. The van der Waals surface area contributed by atoms with Crippen molar-refractivity contribution in [1.29, 1.82) is 0 Å². The normalized spacial score (nSPS) is 11.6. The molecule has 0 N–H and O–H groups in total. The van der Waals surface area contributed by atoms with E-state index in [9.17, 15) is 0 Å². The summed E-state index contributed by atoms with van der Waals surface area (Å²) in [5.74, 6) is 1.76. The van der Waals surface area contributed by atoms with Crippen molar-refractivity contribution in [2.45, 2.75) is 19.8 Å². The third kappa shape index (κ3) is 2.69. The van der Waals surface area contributed by atoms with E-state index in [1.54, 1.807) is 6.07 Å². The zero-order valence-corrected chi connectivity index (χ0v) is 15.1. The van der Waals surface area contributed by atoms with Crippen LogP contribution in [-0.4, -0.2) is 19.6 Å². The van der Waals surface area contributed by atoms with Gasteiger partial charge in [0.2, 0.25) is 0 Å². The molecule has 5 nitrogen and oxygen atoms in total. The number of rotatable bonds is 3. The molecular weight excluding hydrogens is 359 g/mol. The number of hydrogen-bond donors (Lipinski definition) is 0. The van der Waals surface area contributed by atoms with E-state index in [1.165, 1.54) is 6.39 Å². The Balaban J connectivity index is 1.89. The lowest BCUT2D eigenvalue weighted by Crippen LogP contribution is -1.97. The van der Waals surface area contributed by atoms with Crippen LogP contribution >= 0.6 is 23.2 Å². The van der Waals surface area contributed by atoms with Gasteiger partial charge in [-0.15, -0.1) is 10.2 Å². The molecule has 4 rings (SSSR count). The number of pyridine rings is 1. The lowest BCUT2D eigenvalue weighted by Gasteiger charge is -2.07. The maximum Gasteiger partial charge on any atom is 0.182 e. The molecule has 3 heterocycles. The molecule has 4 aromatic rings. The number of fused-ring (bicyclic) bond motifs is 1. The van der Waals surface area contributed by atoms with E-state index < -0.39 is 0 Å². The Bertz CT molecular complexity index is 1070. The number of benzene rings is 1. The van der Waals surface area contributed by atoms with Crippen LogP contribution in [0.15, 0.2) is 47.3 Å². The third-order valence-corrected chi connectivity index (χ3v) is 4.80. The van der Waals surface area contributed by atoms with E-state index in [4.69, 9.17) is 27.6 Å². The standard InChI is InChI=1S/C18H14Cl2N4O/c1-10(2)18-23-22-14-7-6-11(8-24(14)18)17-16(21-9-25-17)12-4-3-5-13(19)15(12)20/h3-10H,1-2H3. The molecule has 25 heavy (non-hydrogen) atoms. The summed E-state index contributed by atoms with van der Waals surface area (Å²) >= 11 is 12.5. The van der Waals surface area contributed by atoms with Gasteiger partial charge in [-0.2, -0.15) is 0 Å². The first-order chi connectivity index (χ1) is 12.1. The highest BCUT2D eigenvalue weighted by Gasteiger charge is 2.18. The minimum atomic E-state index is 0.252. The zero-order chi connectivity index (χ0) is 17.6. The van der Waals surface area contributed by atoms with E-state index >= 15 is 0 Å². The summed E-state index contributed by atoms with van der Waals surface area (Å²) in [6, 6.07) is 9.27. The third-order valence-electron chi connectivity index (χ3n) is 3.98. The Kier molecular flexibility index (Phi) is 3.98. The molecule has 126 valence electrons. The minimum Gasteiger partial charge on any atom is -0.443 e. The molecule has 0 fully saturated rings. The van der Waals surface area contributed by atoms with Crippen molar-refractivity contribution in [2.24, 2.45) is 0 Å². The summed E-state index contributed by atoms with van der Waals surface area (Å²) in [6.45, 7) is 4.16. The molecule has 0 bridgehead atoms. The van der Waals surface area contributed by atoms with Crippen LogP contribution in [0, 0.1) is 0 Å². The van der Waals surface area contributed by atoms with E-state index in [0.29, 0.717) is 21.5 Å². The topological polar surface area (TPSA) is 56.2 Å². The van der Waals surface area contributed by atoms with E-state index in [-0.39, 0.29) is 5.92 Å². The largest absolute Gasteiger partial charge is 0.443 e. The molecule has 0 spiro atoms. The monoisotopic (exact) mass is 372 g/mol. The first kappa shape index (κ1) is 16.1. The zero-order valence-electron chi connectivity index (χ0n) is 13.6. The highest BCUT2D eigenvalue weighted by molar-refractivity contribution is 6.43. The summed E-state index contributed by atoms with van der Waals surface area (Å²) < 4.78 is 7.62. The average Bonchev–Trinajstić information content (AvgIpc) is 3.23. The Morgan fingerprint density at radius 3 is 2.72 bits per heavy atom. The number of halogens is 2. The smallest absolute Gasteiger partial charge is 0.182 e. The van der Waals surface area contributed by atoms with Crippen LogP contribution in [0.4, 0.5) is 0 Å². The van der Waals surface area contributed by atoms with Crippen molar-refractivity contribution in [3.05, 3.63) is 58.8 Å². The van der Waals surface area contributed by atoms with Crippen LogP contribution in [0.5, 0.6) is 0 Å². The predicted octanol–water partition coefficient (Wildman–Crippen LogP) is 5.48. The molecule has 0 aliphatic rings. The Morgan fingerprint density at radius 1 is 1.08 bits per heavy atom. The number of hydrogen-bond acceptors (Lipinski definition) is 4. The van der Waals surface area contributed by atoms with Gasteiger partial charge in [-0.3, -0.25) is 4.40 Å². The lowest BCUT2D eigenvalue weighted by atomic mass is 10.1. The number of nitrogens with zero attached hydrogens (tertiary/aromatic N) is 4. The fourth-order valence-corrected chi connectivity index (χ4v) is 3.16. The molecule has 0 atom stereocenters. The highest BCUT2D eigenvalue weighted by Crippen LogP contribution is 2.38. The van der Waals surface area contributed by atoms with Crippen molar-refractivity contribution in [3.8, 4) is 22.6 Å². The van der Waals surface area contributed by atoms with Crippen molar-refractivity contribution in [3.63, 3.8) is 0 Å². The quantitative estimate of drug-likeness (QED) is 0.477. The Labute approximate surface area is 154 Å². The van der Waals surface area contributed by atoms with Gasteiger partial charge in [-0.05, 0) is 18.2 Å². The molecule has 7 heteroatoms. The second-order valence-electron chi connectivity index (χ2n) is 5.99. The van der Waals surface area contributed by atoms with Crippen molar-refractivity contribution >= 4 is 28.8 Å². The van der Waals surface area contributed by atoms with E-state index in [0.717, 1.165) is 22.6 Å². The van der Waals surface area contributed by atoms with Crippen LogP contribution in [0.2, 0.25) is 10.0 Å². The molecule has 0 saturated carbocycles. The Morgan fingerprint density at radius 2 is 1.92 bits per heavy atom. The van der Waals surface area contributed by atoms with Crippen LogP contribution < -0.4 is 0 Å².